The van der Waals surface area contributed by atoms with Crippen molar-refractivity contribution < 1.29 is 9.53 Å². The van der Waals surface area contributed by atoms with Crippen molar-refractivity contribution in [2.24, 2.45) is 0 Å². The number of nitrogens with zero attached hydrogens (tertiary/aromatic N) is 2. The second kappa shape index (κ2) is 6.15. The molecule has 0 N–H and O–H groups in total. The Morgan fingerprint density at radius 3 is 2.33 bits per heavy atom. The number of hydrogen-bond donors (Lipinski definition) is 0. The van der Waals surface area contributed by atoms with Crippen LogP contribution >= 0.6 is 0 Å². The summed E-state index contributed by atoms with van der Waals surface area (Å²) in [6, 6.07) is 0.505. The van der Waals surface area contributed by atoms with E-state index in [1.54, 1.807) is 0 Å². The summed E-state index contributed by atoms with van der Waals surface area (Å²) in [5.41, 5.74) is -0.528. The first-order chi connectivity index (χ1) is 9.69. The Kier molecular flexibility index (Phi) is 4.86. The maximum atomic E-state index is 12.5. The van der Waals surface area contributed by atoms with Crippen LogP contribution in [0.1, 0.15) is 66.7 Å². The Balaban J connectivity index is 2.03. The van der Waals surface area contributed by atoms with Gasteiger partial charge in [0.1, 0.15) is 5.60 Å². The molecule has 0 aromatic heterocycles. The maximum absolute atomic E-state index is 12.5. The van der Waals surface area contributed by atoms with Crippen molar-refractivity contribution in [1.29, 1.82) is 0 Å². The van der Waals surface area contributed by atoms with Crippen LogP contribution in [-0.4, -0.2) is 52.7 Å². The van der Waals surface area contributed by atoms with Gasteiger partial charge in [-0.05, 0) is 73.4 Å². The smallest absolute Gasteiger partial charge is 0.410 e. The molecule has 0 aliphatic carbocycles. The van der Waals surface area contributed by atoms with Crippen molar-refractivity contribution in [2.75, 3.05) is 19.6 Å². The third-order valence-electron chi connectivity index (χ3n) is 4.73. The van der Waals surface area contributed by atoms with Gasteiger partial charge in [0.15, 0.2) is 0 Å². The first-order valence-electron chi connectivity index (χ1n) is 8.44. The molecular formula is C17H32N2O2. The quantitative estimate of drug-likeness (QED) is 0.740. The predicted molar refractivity (Wildman–Crippen MR) is 85.5 cm³/mol. The van der Waals surface area contributed by atoms with Crippen molar-refractivity contribution >= 4 is 6.09 Å². The first kappa shape index (κ1) is 16.6. The fraction of sp³-hybridized carbons (Fsp3) is 0.941. The summed E-state index contributed by atoms with van der Waals surface area (Å²) in [6.45, 7) is 13.3. The lowest BCUT2D eigenvalue weighted by Crippen LogP contribution is -2.59. The van der Waals surface area contributed by atoms with Gasteiger partial charge in [0.25, 0.3) is 0 Å². The van der Waals surface area contributed by atoms with Gasteiger partial charge in [0.05, 0.1) is 0 Å². The Hall–Kier alpha value is -0.770. The highest BCUT2D eigenvalue weighted by Crippen LogP contribution is 2.32. The van der Waals surface area contributed by atoms with Crippen LogP contribution in [-0.2, 0) is 4.74 Å². The van der Waals surface area contributed by atoms with E-state index in [0.717, 1.165) is 13.0 Å². The molecule has 0 saturated carbocycles. The van der Waals surface area contributed by atoms with Crippen LogP contribution in [0.2, 0.25) is 0 Å². The molecule has 2 aliphatic rings. The van der Waals surface area contributed by atoms with E-state index in [0.29, 0.717) is 6.04 Å². The molecule has 0 aromatic carbocycles. The Morgan fingerprint density at radius 2 is 1.76 bits per heavy atom. The van der Waals surface area contributed by atoms with Crippen molar-refractivity contribution in [2.45, 2.75) is 83.9 Å². The summed E-state index contributed by atoms with van der Waals surface area (Å²) < 4.78 is 5.62. The molecule has 1 atom stereocenters. The highest BCUT2D eigenvalue weighted by atomic mass is 16.6. The molecule has 2 fully saturated rings. The molecule has 21 heavy (non-hydrogen) atoms. The number of likely N-dealkylation sites (tertiary alicyclic amines) is 2. The zero-order valence-electron chi connectivity index (χ0n) is 14.4. The summed E-state index contributed by atoms with van der Waals surface area (Å²) >= 11 is 0. The molecule has 1 amide bonds. The fourth-order valence-electron chi connectivity index (χ4n) is 3.42. The van der Waals surface area contributed by atoms with Crippen molar-refractivity contribution in [3.05, 3.63) is 0 Å². The van der Waals surface area contributed by atoms with Gasteiger partial charge < -0.3 is 9.64 Å². The van der Waals surface area contributed by atoms with Crippen LogP contribution in [0.5, 0.6) is 0 Å². The lowest BCUT2D eigenvalue weighted by molar-refractivity contribution is -0.0264. The van der Waals surface area contributed by atoms with Gasteiger partial charge in [0, 0.05) is 18.1 Å². The van der Waals surface area contributed by atoms with E-state index in [1.807, 2.05) is 25.7 Å². The highest BCUT2D eigenvalue weighted by molar-refractivity contribution is 5.69. The largest absolute Gasteiger partial charge is 0.444 e. The number of carbonyl (C=O) groups excluding carboxylic acids is 1. The first-order valence-corrected chi connectivity index (χ1v) is 8.44. The summed E-state index contributed by atoms with van der Waals surface area (Å²) in [7, 11) is 0. The van der Waals surface area contributed by atoms with Gasteiger partial charge in [-0.15, -0.1) is 0 Å². The van der Waals surface area contributed by atoms with E-state index >= 15 is 0 Å². The third kappa shape index (κ3) is 4.35. The SMILES string of the molecule is CC(C)(C)OC(=O)N1CC(N2CCCCC2)CCC1(C)C. The Morgan fingerprint density at radius 1 is 1.14 bits per heavy atom. The average molecular weight is 296 g/mol. The molecule has 2 heterocycles. The van der Waals surface area contributed by atoms with E-state index < -0.39 is 5.60 Å². The molecule has 122 valence electrons. The zero-order chi connectivity index (χ0) is 15.7. The molecule has 2 saturated heterocycles. The average Bonchev–Trinajstić information content (AvgIpc) is 2.37. The van der Waals surface area contributed by atoms with Gasteiger partial charge >= 0.3 is 6.09 Å². The minimum absolute atomic E-state index is 0.103. The van der Waals surface area contributed by atoms with Gasteiger partial charge in [-0.1, -0.05) is 6.42 Å². The molecule has 0 spiro atoms. The number of carbonyl (C=O) groups is 1. The summed E-state index contributed by atoms with van der Waals surface area (Å²) in [6.07, 6.45) is 6.03. The number of ether oxygens (including phenoxy) is 1. The van der Waals surface area contributed by atoms with Crippen LogP contribution in [0, 0.1) is 0 Å². The molecule has 1 unspecified atom stereocenters. The van der Waals surface area contributed by atoms with Gasteiger partial charge in [0.2, 0.25) is 0 Å². The monoisotopic (exact) mass is 296 g/mol. The number of hydrogen-bond acceptors (Lipinski definition) is 3. The van der Waals surface area contributed by atoms with Crippen LogP contribution in [0.15, 0.2) is 0 Å². The molecule has 2 rings (SSSR count). The maximum Gasteiger partial charge on any atom is 0.410 e. The van der Waals surface area contributed by atoms with E-state index in [2.05, 4.69) is 18.7 Å². The summed E-state index contributed by atoms with van der Waals surface area (Å²) in [5.74, 6) is 0. The van der Waals surface area contributed by atoms with Crippen molar-refractivity contribution in [3.8, 4) is 0 Å². The zero-order valence-corrected chi connectivity index (χ0v) is 14.4. The molecule has 0 bridgehead atoms. The third-order valence-corrected chi connectivity index (χ3v) is 4.73. The lowest BCUT2D eigenvalue weighted by atomic mass is 9.87. The standard InChI is InChI=1S/C17H32N2O2/c1-16(2,3)21-15(20)19-13-14(9-10-17(19,4)5)18-11-7-6-8-12-18/h14H,6-13H2,1-5H3. The normalized spacial score (nSPS) is 27.5. The van der Waals surface area contributed by atoms with Crippen LogP contribution in [0.3, 0.4) is 0 Å². The van der Waals surface area contributed by atoms with E-state index in [1.165, 1.54) is 38.8 Å². The molecule has 0 aromatic rings. The summed E-state index contributed by atoms with van der Waals surface area (Å²) in [4.78, 5) is 17.1. The fourth-order valence-corrected chi connectivity index (χ4v) is 3.42. The lowest BCUT2D eigenvalue weighted by Gasteiger charge is -2.48. The predicted octanol–water partition coefficient (Wildman–Crippen LogP) is 3.65. The summed E-state index contributed by atoms with van der Waals surface area (Å²) in [5, 5.41) is 0. The molecular weight excluding hydrogens is 264 g/mol. The minimum atomic E-state index is -0.425. The number of amides is 1. The highest BCUT2D eigenvalue weighted by Gasteiger charge is 2.40. The van der Waals surface area contributed by atoms with Gasteiger partial charge in [-0.3, -0.25) is 4.90 Å². The Labute approximate surface area is 129 Å². The van der Waals surface area contributed by atoms with E-state index in [9.17, 15) is 4.79 Å². The topological polar surface area (TPSA) is 32.8 Å². The Bertz CT molecular complexity index is 367. The molecule has 2 aliphatic heterocycles. The van der Waals surface area contributed by atoms with E-state index in [4.69, 9.17) is 4.74 Å². The van der Waals surface area contributed by atoms with Crippen LogP contribution in [0.25, 0.3) is 0 Å². The van der Waals surface area contributed by atoms with Gasteiger partial charge in [-0.2, -0.15) is 0 Å². The second-order valence-electron chi connectivity index (χ2n) is 8.19. The van der Waals surface area contributed by atoms with E-state index in [-0.39, 0.29) is 11.6 Å². The van der Waals surface area contributed by atoms with Crippen molar-refractivity contribution in [3.63, 3.8) is 0 Å². The molecule has 4 heteroatoms. The van der Waals surface area contributed by atoms with Crippen LogP contribution in [0.4, 0.5) is 4.79 Å². The number of piperidine rings is 2. The molecule has 4 nitrogen and oxygen atoms in total. The number of rotatable bonds is 1. The molecule has 0 radical (unpaired) electrons. The van der Waals surface area contributed by atoms with Crippen LogP contribution < -0.4 is 0 Å². The minimum Gasteiger partial charge on any atom is -0.444 e. The van der Waals surface area contributed by atoms with Crippen molar-refractivity contribution in [1.82, 2.24) is 9.80 Å². The van der Waals surface area contributed by atoms with Gasteiger partial charge in [-0.25, -0.2) is 4.79 Å². The second-order valence-corrected chi connectivity index (χ2v) is 8.19.